The van der Waals surface area contributed by atoms with Crippen LogP contribution in [0.3, 0.4) is 0 Å². The second-order valence-corrected chi connectivity index (χ2v) is 5.07. The van der Waals surface area contributed by atoms with Gasteiger partial charge < -0.3 is 4.98 Å². The molecule has 3 rings (SSSR count). The van der Waals surface area contributed by atoms with Crippen LogP contribution < -0.4 is 11.0 Å². The summed E-state index contributed by atoms with van der Waals surface area (Å²) in [5, 5.41) is 4.29. The highest BCUT2D eigenvalue weighted by molar-refractivity contribution is 6.13. The molecule has 2 N–H and O–H groups in total. The predicted molar refractivity (Wildman–Crippen MR) is 93.1 cm³/mol. The molecule has 0 aliphatic carbocycles. The quantitative estimate of drug-likeness (QED) is 0.573. The molecule has 0 unspecified atom stereocenters. The van der Waals surface area contributed by atoms with Gasteiger partial charge >= 0.3 is 0 Å². The highest BCUT2D eigenvalue weighted by Crippen LogP contribution is 2.10. The van der Waals surface area contributed by atoms with E-state index in [0.717, 1.165) is 11.1 Å². The maximum absolute atomic E-state index is 12.2. The van der Waals surface area contributed by atoms with E-state index >= 15 is 0 Å². The number of aromatic nitrogens is 1. The molecule has 0 bridgehead atoms. The van der Waals surface area contributed by atoms with Gasteiger partial charge in [-0.2, -0.15) is 5.10 Å². The standard InChI is InChI=1S/C19H15N3O2/c23-17-12-11-16(13-20-17)19(24)22-21-18(14-7-3-1-4-8-14)15-9-5-2-6-10-15/h1-13H,(H,20,23)(H,22,24). The Morgan fingerprint density at radius 1 is 0.792 bits per heavy atom. The zero-order valence-electron chi connectivity index (χ0n) is 12.8. The number of rotatable bonds is 4. The Kier molecular flexibility index (Phi) is 4.62. The number of pyridine rings is 1. The van der Waals surface area contributed by atoms with Crippen LogP contribution in [0.5, 0.6) is 0 Å². The third kappa shape index (κ3) is 3.64. The van der Waals surface area contributed by atoms with E-state index in [2.05, 4.69) is 15.5 Å². The van der Waals surface area contributed by atoms with Crippen molar-refractivity contribution in [3.8, 4) is 0 Å². The van der Waals surface area contributed by atoms with E-state index in [1.165, 1.54) is 18.3 Å². The molecule has 5 nitrogen and oxygen atoms in total. The van der Waals surface area contributed by atoms with Gasteiger partial charge in [-0.15, -0.1) is 0 Å². The molecule has 0 fully saturated rings. The van der Waals surface area contributed by atoms with Crippen LogP contribution in [0.4, 0.5) is 0 Å². The Morgan fingerprint density at radius 2 is 1.38 bits per heavy atom. The zero-order valence-corrected chi connectivity index (χ0v) is 12.8. The van der Waals surface area contributed by atoms with E-state index in [4.69, 9.17) is 0 Å². The third-order valence-corrected chi connectivity index (χ3v) is 3.41. The molecule has 0 aliphatic rings. The molecule has 0 atom stereocenters. The number of carbonyl (C=O) groups is 1. The molecule has 5 heteroatoms. The number of hydrazone groups is 1. The van der Waals surface area contributed by atoms with Crippen LogP contribution in [0, 0.1) is 0 Å². The third-order valence-electron chi connectivity index (χ3n) is 3.41. The van der Waals surface area contributed by atoms with Crippen molar-refractivity contribution < 1.29 is 4.79 Å². The van der Waals surface area contributed by atoms with E-state index in [1.54, 1.807) is 0 Å². The minimum absolute atomic E-state index is 0.260. The smallest absolute Gasteiger partial charge is 0.272 e. The molecule has 0 radical (unpaired) electrons. The maximum Gasteiger partial charge on any atom is 0.272 e. The summed E-state index contributed by atoms with van der Waals surface area (Å²) in [6.07, 6.45) is 1.36. The summed E-state index contributed by atoms with van der Waals surface area (Å²) in [4.78, 5) is 25.7. The zero-order chi connectivity index (χ0) is 16.8. The highest BCUT2D eigenvalue weighted by Gasteiger charge is 2.09. The maximum atomic E-state index is 12.2. The van der Waals surface area contributed by atoms with Gasteiger partial charge in [-0.1, -0.05) is 60.7 Å². The molecule has 3 aromatic rings. The summed E-state index contributed by atoms with van der Waals surface area (Å²) in [5.41, 5.74) is 5.06. The SMILES string of the molecule is O=C(NN=C(c1ccccc1)c1ccccc1)c1ccc(=O)[nH]c1. The molecule has 0 saturated carbocycles. The molecule has 0 aliphatic heterocycles. The fourth-order valence-electron chi connectivity index (χ4n) is 2.21. The minimum Gasteiger partial charge on any atom is -0.328 e. The van der Waals surface area contributed by atoms with E-state index in [9.17, 15) is 9.59 Å². The summed E-state index contributed by atoms with van der Waals surface area (Å²) in [7, 11) is 0. The van der Waals surface area contributed by atoms with Crippen LogP contribution in [0.15, 0.2) is 88.9 Å². The molecular formula is C19H15N3O2. The fraction of sp³-hybridized carbons (Fsp3) is 0. The fourth-order valence-corrected chi connectivity index (χ4v) is 2.21. The number of aromatic amines is 1. The lowest BCUT2D eigenvalue weighted by Crippen LogP contribution is -2.21. The molecule has 0 saturated heterocycles. The molecule has 1 amide bonds. The highest BCUT2D eigenvalue weighted by atomic mass is 16.2. The first-order valence-electron chi connectivity index (χ1n) is 7.41. The Morgan fingerprint density at radius 3 is 1.88 bits per heavy atom. The lowest BCUT2D eigenvalue weighted by Gasteiger charge is -2.08. The normalized spacial score (nSPS) is 10.0. The van der Waals surface area contributed by atoms with E-state index in [0.29, 0.717) is 11.3 Å². The van der Waals surface area contributed by atoms with Gasteiger partial charge in [0, 0.05) is 23.4 Å². The van der Waals surface area contributed by atoms with Crippen LogP contribution in [0.2, 0.25) is 0 Å². The van der Waals surface area contributed by atoms with Crippen molar-refractivity contribution in [1.29, 1.82) is 0 Å². The molecule has 1 heterocycles. The van der Waals surface area contributed by atoms with Crippen LogP contribution >= 0.6 is 0 Å². The van der Waals surface area contributed by atoms with Gasteiger partial charge in [-0.25, -0.2) is 5.43 Å². The van der Waals surface area contributed by atoms with Gasteiger partial charge in [0.05, 0.1) is 11.3 Å². The monoisotopic (exact) mass is 317 g/mol. The second kappa shape index (κ2) is 7.19. The van der Waals surface area contributed by atoms with Crippen LogP contribution in [0.1, 0.15) is 21.5 Å². The molecule has 2 aromatic carbocycles. The lowest BCUT2D eigenvalue weighted by molar-refractivity contribution is 0.0954. The van der Waals surface area contributed by atoms with Crippen molar-refractivity contribution in [2.24, 2.45) is 5.10 Å². The van der Waals surface area contributed by atoms with Gasteiger partial charge in [0.15, 0.2) is 0 Å². The van der Waals surface area contributed by atoms with Crippen molar-refractivity contribution >= 4 is 11.6 Å². The van der Waals surface area contributed by atoms with Crippen molar-refractivity contribution in [3.05, 3.63) is 106 Å². The van der Waals surface area contributed by atoms with Crippen LogP contribution in [-0.2, 0) is 0 Å². The number of benzene rings is 2. The molecule has 24 heavy (non-hydrogen) atoms. The second-order valence-electron chi connectivity index (χ2n) is 5.07. The number of hydrogen-bond acceptors (Lipinski definition) is 3. The van der Waals surface area contributed by atoms with E-state index in [1.807, 2.05) is 60.7 Å². The molecule has 0 spiro atoms. The van der Waals surface area contributed by atoms with Crippen molar-refractivity contribution in [2.45, 2.75) is 0 Å². The number of H-pyrrole nitrogens is 1. The number of amides is 1. The summed E-state index contributed by atoms with van der Waals surface area (Å²) in [5.74, 6) is -0.393. The largest absolute Gasteiger partial charge is 0.328 e. The summed E-state index contributed by atoms with van der Waals surface area (Å²) >= 11 is 0. The summed E-state index contributed by atoms with van der Waals surface area (Å²) in [6, 6.07) is 22.0. The van der Waals surface area contributed by atoms with Crippen molar-refractivity contribution in [2.75, 3.05) is 0 Å². The average molecular weight is 317 g/mol. The number of hydrogen-bond donors (Lipinski definition) is 2. The van der Waals surface area contributed by atoms with Crippen molar-refractivity contribution in [3.63, 3.8) is 0 Å². The van der Waals surface area contributed by atoms with Gasteiger partial charge in [0.1, 0.15) is 0 Å². The Hall–Kier alpha value is -3.47. The molecular weight excluding hydrogens is 302 g/mol. The topological polar surface area (TPSA) is 74.3 Å². The number of carbonyl (C=O) groups excluding carboxylic acids is 1. The summed E-state index contributed by atoms with van der Waals surface area (Å²) in [6.45, 7) is 0. The van der Waals surface area contributed by atoms with Gasteiger partial charge in [-0.05, 0) is 6.07 Å². The number of nitrogens with one attached hydrogen (secondary N) is 2. The molecule has 1 aromatic heterocycles. The van der Waals surface area contributed by atoms with E-state index in [-0.39, 0.29) is 5.56 Å². The van der Waals surface area contributed by atoms with Gasteiger partial charge in [0.2, 0.25) is 5.56 Å². The van der Waals surface area contributed by atoms with Gasteiger partial charge in [-0.3, -0.25) is 9.59 Å². The lowest BCUT2D eigenvalue weighted by atomic mass is 10.0. The average Bonchev–Trinajstić information content (AvgIpc) is 2.64. The Balaban J connectivity index is 1.91. The van der Waals surface area contributed by atoms with E-state index < -0.39 is 5.91 Å². The first-order chi connectivity index (χ1) is 11.7. The first-order valence-corrected chi connectivity index (χ1v) is 7.41. The minimum atomic E-state index is -0.393. The Labute approximate surface area is 138 Å². The first kappa shape index (κ1) is 15.4. The number of nitrogens with zero attached hydrogens (tertiary/aromatic N) is 1. The molecule has 118 valence electrons. The van der Waals surface area contributed by atoms with Crippen LogP contribution in [0.25, 0.3) is 0 Å². The van der Waals surface area contributed by atoms with Crippen molar-refractivity contribution in [1.82, 2.24) is 10.4 Å². The van der Waals surface area contributed by atoms with Gasteiger partial charge in [0.25, 0.3) is 5.91 Å². The Bertz CT molecular complexity index is 854. The van der Waals surface area contributed by atoms with Crippen LogP contribution in [-0.4, -0.2) is 16.6 Å². The predicted octanol–water partition coefficient (Wildman–Crippen LogP) is 2.56. The summed E-state index contributed by atoms with van der Waals surface area (Å²) < 4.78 is 0.